The fourth-order valence-corrected chi connectivity index (χ4v) is 2.66. The van der Waals surface area contributed by atoms with Crippen LogP contribution in [-0.4, -0.2) is 16.5 Å². The van der Waals surface area contributed by atoms with Crippen LogP contribution in [0, 0.1) is 0 Å². The number of fused-ring (bicyclic) bond motifs is 1. The van der Waals surface area contributed by atoms with Crippen molar-refractivity contribution in [1.82, 2.24) is 9.97 Å². The normalized spacial score (nSPS) is 13.5. The number of hydrogen-bond donors (Lipinski definition) is 2. The Balaban J connectivity index is 0.000000615. The summed E-state index contributed by atoms with van der Waals surface area (Å²) in [4.78, 5) is 8.37. The molecule has 1 aliphatic rings. The first-order valence-corrected chi connectivity index (χ1v) is 8.54. The highest BCUT2D eigenvalue weighted by atomic mass is 15.1. The van der Waals surface area contributed by atoms with Gasteiger partial charge in [-0.25, -0.2) is 9.97 Å². The van der Waals surface area contributed by atoms with Crippen LogP contribution in [0.15, 0.2) is 36.7 Å². The van der Waals surface area contributed by atoms with Gasteiger partial charge in [-0.1, -0.05) is 53.7 Å². The molecule has 23 heavy (non-hydrogen) atoms. The van der Waals surface area contributed by atoms with Crippen LogP contribution < -0.4 is 10.6 Å². The maximum Gasteiger partial charge on any atom is 0.222 e. The molecule has 4 heteroatoms. The van der Waals surface area contributed by atoms with E-state index in [0.717, 1.165) is 13.1 Å². The van der Waals surface area contributed by atoms with Crippen molar-refractivity contribution in [1.29, 1.82) is 0 Å². The first kappa shape index (κ1) is 18.9. The van der Waals surface area contributed by atoms with Gasteiger partial charge in [0.2, 0.25) is 5.95 Å². The zero-order valence-corrected chi connectivity index (χ0v) is 15.3. The van der Waals surface area contributed by atoms with E-state index < -0.39 is 0 Å². The third-order valence-corrected chi connectivity index (χ3v) is 3.55. The molecule has 0 aliphatic carbocycles. The van der Waals surface area contributed by atoms with Crippen LogP contribution in [0.5, 0.6) is 0 Å². The minimum Gasteiger partial charge on any atom is -0.384 e. The second-order valence-corrected chi connectivity index (χ2v) is 5.50. The topological polar surface area (TPSA) is 49.8 Å². The minimum absolute atomic E-state index is 0.172. The summed E-state index contributed by atoms with van der Waals surface area (Å²) in [5.74, 6) is 0.670. The van der Waals surface area contributed by atoms with Crippen molar-refractivity contribution in [3.63, 3.8) is 0 Å². The summed E-state index contributed by atoms with van der Waals surface area (Å²) in [6.45, 7) is 14.3. The Hall–Kier alpha value is -2.10. The molecule has 2 heterocycles. The lowest BCUT2D eigenvalue weighted by Gasteiger charge is -2.21. The van der Waals surface area contributed by atoms with Crippen LogP contribution in [0.1, 0.15) is 52.7 Å². The lowest BCUT2D eigenvalue weighted by atomic mass is 9.84. The summed E-state index contributed by atoms with van der Waals surface area (Å²) in [6.07, 6.45) is 3.49. The zero-order valence-electron chi connectivity index (χ0n) is 15.3. The molecule has 3 rings (SSSR count). The van der Waals surface area contributed by atoms with Gasteiger partial charge in [0.15, 0.2) is 0 Å². The van der Waals surface area contributed by atoms with Gasteiger partial charge in [-0.2, -0.15) is 0 Å². The Morgan fingerprint density at radius 3 is 2.35 bits per heavy atom. The van der Waals surface area contributed by atoms with Gasteiger partial charge in [0, 0.05) is 36.6 Å². The Kier molecular flexibility index (Phi) is 7.52. The van der Waals surface area contributed by atoms with Crippen LogP contribution in [0.2, 0.25) is 0 Å². The van der Waals surface area contributed by atoms with Crippen molar-refractivity contribution in [2.75, 3.05) is 17.2 Å². The Labute approximate surface area is 140 Å². The SMILES string of the molecule is CC.CC.CC1(C)CNc2cccc(CNc3ncccn3)c21. The third-order valence-electron chi connectivity index (χ3n) is 3.55. The maximum atomic E-state index is 4.19. The van der Waals surface area contributed by atoms with E-state index in [1.165, 1.54) is 16.8 Å². The molecular formula is C19H30N4. The molecular weight excluding hydrogens is 284 g/mol. The van der Waals surface area contributed by atoms with Crippen LogP contribution in [-0.2, 0) is 12.0 Å². The summed E-state index contributed by atoms with van der Waals surface area (Å²) < 4.78 is 0. The fourth-order valence-electron chi connectivity index (χ4n) is 2.66. The smallest absolute Gasteiger partial charge is 0.222 e. The van der Waals surface area contributed by atoms with E-state index in [2.05, 4.69) is 52.6 Å². The van der Waals surface area contributed by atoms with Crippen molar-refractivity contribution in [2.45, 2.75) is 53.5 Å². The summed E-state index contributed by atoms with van der Waals surface area (Å²) in [6, 6.07) is 8.23. The van der Waals surface area contributed by atoms with Crippen molar-refractivity contribution in [3.05, 3.63) is 47.8 Å². The number of hydrogen-bond acceptors (Lipinski definition) is 4. The Morgan fingerprint density at radius 1 is 1.04 bits per heavy atom. The first-order valence-electron chi connectivity index (χ1n) is 8.54. The fraction of sp³-hybridized carbons (Fsp3) is 0.474. The van der Waals surface area contributed by atoms with Gasteiger partial charge in [-0.05, 0) is 23.3 Å². The number of rotatable bonds is 3. The molecule has 1 aromatic carbocycles. The molecule has 0 saturated heterocycles. The van der Waals surface area contributed by atoms with Gasteiger partial charge in [-0.3, -0.25) is 0 Å². The predicted molar refractivity (Wildman–Crippen MR) is 100 cm³/mol. The van der Waals surface area contributed by atoms with Gasteiger partial charge in [-0.15, -0.1) is 0 Å². The molecule has 0 unspecified atom stereocenters. The van der Waals surface area contributed by atoms with Crippen LogP contribution in [0.25, 0.3) is 0 Å². The second-order valence-electron chi connectivity index (χ2n) is 5.50. The van der Waals surface area contributed by atoms with E-state index in [0.29, 0.717) is 5.95 Å². The second kappa shape index (κ2) is 9.13. The number of benzene rings is 1. The molecule has 0 spiro atoms. The monoisotopic (exact) mass is 314 g/mol. The van der Waals surface area contributed by atoms with Gasteiger partial charge in [0.05, 0.1) is 0 Å². The van der Waals surface area contributed by atoms with E-state index in [9.17, 15) is 0 Å². The number of anilines is 2. The zero-order chi connectivity index (χ0) is 17.3. The van der Waals surface area contributed by atoms with Crippen LogP contribution >= 0.6 is 0 Å². The van der Waals surface area contributed by atoms with E-state index >= 15 is 0 Å². The van der Waals surface area contributed by atoms with E-state index in [1.807, 2.05) is 33.8 Å². The van der Waals surface area contributed by atoms with Gasteiger partial charge in [0.25, 0.3) is 0 Å². The lowest BCUT2D eigenvalue weighted by Crippen LogP contribution is -2.21. The highest BCUT2D eigenvalue weighted by Crippen LogP contribution is 2.38. The van der Waals surface area contributed by atoms with Gasteiger partial charge < -0.3 is 10.6 Å². The quantitative estimate of drug-likeness (QED) is 0.850. The molecule has 2 N–H and O–H groups in total. The van der Waals surface area contributed by atoms with Crippen molar-refractivity contribution in [2.24, 2.45) is 0 Å². The average Bonchev–Trinajstić information content (AvgIpc) is 2.93. The van der Waals surface area contributed by atoms with Gasteiger partial charge >= 0.3 is 0 Å². The molecule has 0 fully saturated rings. The molecule has 1 aliphatic heterocycles. The van der Waals surface area contributed by atoms with Crippen LogP contribution in [0.3, 0.4) is 0 Å². The van der Waals surface area contributed by atoms with Crippen molar-refractivity contribution >= 4 is 11.6 Å². The molecule has 0 saturated carbocycles. The largest absolute Gasteiger partial charge is 0.384 e. The van der Waals surface area contributed by atoms with Gasteiger partial charge in [0.1, 0.15) is 0 Å². The molecule has 0 bridgehead atoms. The molecule has 126 valence electrons. The highest BCUT2D eigenvalue weighted by molar-refractivity contribution is 5.63. The Morgan fingerprint density at radius 2 is 1.70 bits per heavy atom. The number of nitrogens with one attached hydrogen (secondary N) is 2. The van der Waals surface area contributed by atoms with E-state index in [4.69, 9.17) is 0 Å². The highest BCUT2D eigenvalue weighted by Gasteiger charge is 2.31. The molecule has 2 aromatic rings. The average molecular weight is 314 g/mol. The van der Waals surface area contributed by atoms with Crippen molar-refractivity contribution < 1.29 is 0 Å². The van der Waals surface area contributed by atoms with E-state index in [1.54, 1.807) is 12.4 Å². The predicted octanol–water partition coefficient (Wildman–Crippen LogP) is 4.84. The minimum atomic E-state index is 0.172. The summed E-state index contributed by atoms with van der Waals surface area (Å²) in [5, 5.41) is 6.75. The Bertz CT molecular complexity index is 579. The molecule has 0 radical (unpaired) electrons. The maximum absolute atomic E-state index is 4.19. The van der Waals surface area contributed by atoms with Crippen molar-refractivity contribution in [3.8, 4) is 0 Å². The number of aromatic nitrogens is 2. The standard InChI is InChI=1S/C15H18N4.2C2H6/c1-15(2)10-19-12-6-3-5-11(13(12)15)9-18-14-16-7-4-8-17-14;2*1-2/h3-8,19H,9-10H2,1-2H3,(H,16,17,18);2*1-2H3. The van der Waals surface area contributed by atoms with Crippen LogP contribution in [0.4, 0.5) is 11.6 Å². The molecule has 4 nitrogen and oxygen atoms in total. The number of nitrogens with zero attached hydrogens (tertiary/aromatic N) is 2. The lowest BCUT2D eigenvalue weighted by molar-refractivity contribution is 0.581. The summed E-state index contributed by atoms with van der Waals surface area (Å²) >= 11 is 0. The summed E-state index contributed by atoms with van der Waals surface area (Å²) in [7, 11) is 0. The molecule has 0 atom stereocenters. The molecule has 0 amide bonds. The van der Waals surface area contributed by atoms with E-state index in [-0.39, 0.29) is 5.41 Å². The summed E-state index contributed by atoms with van der Waals surface area (Å²) in [5.41, 5.74) is 4.13. The third kappa shape index (κ3) is 4.68. The first-order chi connectivity index (χ1) is 11.2. The molecule has 1 aromatic heterocycles.